The first kappa shape index (κ1) is 17.6. The molecule has 1 saturated heterocycles. The minimum absolute atomic E-state index is 0.0419. The van der Waals surface area contributed by atoms with Crippen molar-refractivity contribution >= 4 is 5.91 Å². The van der Waals surface area contributed by atoms with Crippen LogP contribution in [0.25, 0.3) is 5.69 Å². The van der Waals surface area contributed by atoms with E-state index in [0.29, 0.717) is 19.6 Å². The second kappa shape index (κ2) is 7.80. The first-order valence-corrected chi connectivity index (χ1v) is 8.80. The van der Waals surface area contributed by atoms with Crippen LogP contribution in [-0.2, 0) is 9.53 Å². The molecule has 1 aliphatic heterocycles. The van der Waals surface area contributed by atoms with Crippen LogP contribution < -0.4 is 5.32 Å². The maximum absolute atomic E-state index is 12.5. The maximum Gasteiger partial charge on any atom is 0.236 e. The average molecular weight is 342 g/mol. The van der Waals surface area contributed by atoms with E-state index in [0.717, 1.165) is 11.3 Å². The fourth-order valence-corrected chi connectivity index (χ4v) is 3.32. The predicted molar refractivity (Wildman–Crippen MR) is 96.6 cm³/mol. The molecule has 0 radical (unpaired) electrons. The minimum Gasteiger partial charge on any atom is -0.372 e. The molecule has 0 bridgehead atoms. The number of nitrogens with zero attached hydrogens (tertiary/aromatic N) is 3. The van der Waals surface area contributed by atoms with E-state index >= 15 is 0 Å². The van der Waals surface area contributed by atoms with Gasteiger partial charge in [-0.15, -0.1) is 0 Å². The van der Waals surface area contributed by atoms with Crippen LogP contribution in [0.15, 0.2) is 42.7 Å². The number of hydrogen-bond acceptors (Lipinski definition) is 4. The Morgan fingerprint density at radius 3 is 2.68 bits per heavy atom. The molecule has 2 aromatic rings. The van der Waals surface area contributed by atoms with Gasteiger partial charge in [0.05, 0.1) is 24.4 Å². The molecule has 1 N–H and O–H groups in total. The second-order valence-electron chi connectivity index (χ2n) is 6.67. The summed E-state index contributed by atoms with van der Waals surface area (Å²) < 4.78 is 7.54. The standard InChI is InChI=1S/C19H26N4O2/c1-14-12-22(13-15(2)25-14)19(24)11-20-16(3)17-7-4-5-8-18(17)23-10-6-9-21-23/h4-10,14-16,20H,11-13H2,1-3H3/t14-,15-,16-/m1/s1. The number of morpholine rings is 1. The van der Waals surface area contributed by atoms with E-state index in [9.17, 15) is 4.79 Å². The molecular weight excluding hydrogens is 316 g/mol. The Labute approximate surface area is 148 Å². The van der Waals surface area contributed by atoms with Crippen LogP contribution in [0.3, 0.4) is 0 Å². The van der Waals surface area contributed by atoms with Gasteiger partial charge in [-0.25, -0.2) is 4.68 Å². The summed E-state index contributed by atoms with van der Waals surface area (Å²) in [5.74, 6) is 0.116. The van der Waals surface area contributed by atoms with Crippen molar-refractivity contribution in [2.24, 2.45) is 0 Å². The topological polar surface area (TPSA) is 59.4 Å². The number of carbonyl (C=O) groups is 1. The van der Waals surface area contributed by atoms with E-state index < -0.39 is 0 Å². The van der Waals surface area contributed by atoms with Gasteiger partial charge in [0.15, 0.2) is 0 Å². The lowest BCUT2D eigenvalue weighted by Gasteiger charge is -2.35. The number of amides is 1. The van der Waals surface area contributed by atoms with Crippen LogP contribution >= 0.6 is 0 Å². The molecule has 25 heavy (non-hydrogen) atoms. The largest absolute Gasteiger partial charge is 0.372 e. The van der Waals surface area contributed by atoms with Crippen molar-refractivity contribution in [2.45, 2.75) is 39.0 Å². The first-order valence-electron chi connectivity index (χ1n) is 8.80. The van der Waals surface area contributed by atoms with Crippen LogP contribution in [-0.4, -0.2) is 52.4 Å². The van der Waals surface area contributed by atoms with Crippen molar-refractivity contribution in [3.8, 4) is 5.69 Å². The number of aromatic nitrogens is 2. The molecule has 1 aliphatic rings. The lowest BCUT2D eigenvalue weighted by molar-refractivity contribution is -0.142. The molecular formula is C19H26N4O2. The molecule has 0 unspecified atom stereocenters. The molecule has 6 heteroatoms. The lowest BCUT2D eigenvalue weighted by Crippen LogP contribution is -2.50. The second-order valence-corrected chi connectivity index (χ2v) is 6.67. The Balaban J connectivity index is 1.63. The highest BCUT2D eigenvalue weighted by molar-refractivity contribution is 5.78. The van der Waals surface area contributed by atoms with Crippen LogP contribution in [0, 0.1) is 0 Å². The van der Waals surface area contributed by atoms with E-state index in [-0.39, 0.29) is 24.2 Å². The quantitative estimate of drug-likeness (QED) is 0.905. The number of nitrogens with one attached hydrogen (secondary N) is 1. The van der Waals surface area contributed by atoms with Gasteiger partial charge in [0.1, 0.15) is 0 Å². The summed E-state index contributed by atoms with van der Waals surface area (Å²) in [7, 11) is 0. The Hall–Kier alpha value is -2.18. The van der Waals surface area contributed by atoms with Crippen molar-refractivity contribution < 1.29 is 9.53 Å². The Bertz CT molecular complexity index is 691. The number of benzene rings is 1. The predicted octanol–water partition coefficient (Wildman–Crippen LogP) is 2.16. The Morgan fingerprint density at radius 1 is 1.28 bits per heavy atom. The fourth-order valence-electron chi connectivity index (χ4n) is 3.32. The summed E-state index contributed by atoms with van der Waals surface area (Å²) in [6.45, 7) is 7.71. The van der Waals surface area contributed by atoms with Gasteiger partial charge in [0.25, 0.3) is 0 Å². The summed E-state index contributed by atoms with van der Waals surface area (Å²) in [6, 6.07) is 10.0. The summed E-state index contributed by atoms with van der Waals surface area (Å²) in [5, 5.41) is 7.67. The highest BCUT2D eigenvalue weighted by Crippen LogP contribution is 2.21. The monoisotopic (exact) mass is 342 g/mol. The van der Waals surface area contributed by atoms with E-state index in [1.54, 1.807) is 6.20 Å². The fraction of sp³-hybridized carbons (Fsp3) is 0.474. The maximum atomic E-state index is 12.5. The van der Waals surface area contributed by atoms with Gasteiger partial charge in [0.2, 0.25) is 5.91 Å². The van der Waals surface area contributed by atoms with Gasteiger partial charge in [-0.2, -0.15) is 5.10 Å². The smallest absolute Gasteiger partial charge is 0.236 e. The van der Waals surface area contributed by atoms with Gasteiger partial charge in [-0.05, 0) is 38.5 Å². The average Bonchev–Trinajstić information content (AvgIpc) is 3.13. The van der Waals surface area contributed by atoms with E-state index in [4.69, 9.17) is 4.74 Å². The number of carbonyl (C=O) groups excluding carboxylic acids is 1. The molecule has 1 amide bonds. The summed E-state index contributed by atoms with van der Waals surface area (Å²) in [6.07, 6.45) is 3.86. The van der Waals surface area contributed by atoms with Crippen LogP contribution in [0.2, 0.25) is 0 Å². The molecule has 0 aliphatic carbocycles. The van der Waals surface area contributed by atoms with Crippen molar-refractivity contribution in [1.29, 1.82) is 0 Å². The summed E-state index contributed by atoms with van der Waals surface area (Å²) in [5.41, 5.74) is 2.14. The van der Waals surface area contributed by atoms with Crippen molar-refractivity contribution in [3.05, 3.63) is 48.3 Å². The van der Waals surface area contributed by atoms with E-state index in [1.807, 2.05) is 53.9 Å². The van der Waals surface area contributed by atoms with Crippen molar-refractivity contribution in [1.82, 2.24) is 20.0 Å². The summed E-state index contributed by atoms with van der Waals surface area (Å²) >= 11 is 0. The molecule has 1 aromatic heterocycles. The zero-order valence-electron chi connectivity index (χ0n) is 15.1. The molecule has 2 heterocycles. The van der Waals surface area contributed by atoms with Crippen LogP contribution in [0.5, 0.6) is 0 Å². The molecule has 1 aromatic carbocycles. The molecule has 3 atom stereocenters. The Morgan fingerprint density at radius 2 is 2.00 bits per heavy atom. The minimum atomic E-state index is 0.0419. The third-order valence-electron chi connectivity index (χ3n) is 4.49. The molecule has 0 saturated carbocycles. The molecule has 0 spiro atoms. The number of ether oxygens (including phenoxy) is 1. The van der Waals surface area contributed by atoms with Gasteiger partial charge < -0.3 is 15.0 Å². The van der Waals surface area contributed by atoms with Crippen molar-refractivity contribution in [2.75, 3.05) is 19.6 Å². The van der Waals surface area contributed by atoms with Gasteiger partial charge >= 0.3 is 0 Å². The van der Waals surface area contributed by atoms with E-state index in [1.165, 1.54) is 0 Å². The third kappa shape index (κ3) is 4.27. The SMILES string of the molecule is C[C@@H]1CN(C(=O)CN[C@H](C)c2ccccc2-n2cccn2)C[C@@H](C)O1. The Kier molecular flexibility index (Phi) is 5.50. The number of rotatable bonds is 5. The molecule has 6 nitrogen and oxygen atoms in total. The highest BCUT2D eigenvalue weighted by atomic mass is 16.5. The number of hydrogen-bond donors (Lipinski definition) is 1. The normalized spacial score (nSPS) is 22.0. The highest BCUT2D eigenvalue weighted by Gasteiger charge is 2.26. The molecule has 134 valence electrons. The molecule has 1 fully saturated rings. The lowest BCUT2D eigenvalue weighted by atomic mass is 10.1. The first-order chi connectivity index (χ1) is 12.0. The van der Waals surface area contributed by atoms with Crippen molar-refractivity contribution in [3.63, 3.8) is 0 Å². The number of para-hydroxylation sites is 1. The summed E-state index contributed by atoms with van der Waals surface area (Å²) in [4.78, 5) is 14.4. The van der Waals surface area contributed by atoms with Crippen LogP contribution in [0.1, 0.15) is 32.4 Å². The van der Waals surface area contributed by atoms with Gasteiger partial charge in [0, 0.05) is 31.5 Å². The third-order valence-corrected chi connectivity index (χ3v) is 4.49. The zero-order valence-corrected chi connectivity index (χ0v) is 15.1. The van der Waals surface area contributed by atoms with E-state index in [2.05, 4.69) is 23.4 Å². The van der Waals surface area contributed by atoms with Gasteiger partial charge in [-0.3, -0.25) is 4.79 Å². The zero-order chi connectivity index (χ0) is 17.8. The van der Waals surface area contributed by atoms with Gasteiger partial charge in [-0.1, -0.05) is 18.2 Å². The molecule has 3 rings (SSSR count). The van der Waals surface area contributed by atoms with Crippen LogP contribution in [0.4, 0.5) is 0 Å².